The molecule has 0 aliphatic carbocycles. The van der Waals surface area contributed by atoms with Crippen LogP contribution >= 0.6 is 8.96 Å². The Bertz CT molecular complexity index is 938. The van der Waals surface area contributed by atoms with E-state index >= 15 is 0 Å². The van der Waals surface area contributed by atoms with E-state index in [1.165, 1.54) is 27.2 Å². The number of nitrogens with one attached hydrogen (secondary N) is 2. The second kappa shape index (κ2) is 17.8. The molecule has 0 aliphatic rings. The number of aliphatic hydroxyl groups excluding tert-OH is 1. The molecule has 1 heterocycles. The van der Waals surface area contributed by atoms with Crippen molar-refractivity contribution in [2.45, 2.75) is 46.2 Å². The van der Waals surface area contributed by atoms with Crippen LogP contribution in [-0.2, 0) is 18.8 Å². The minimum absolute atomic E-state index is 0.0792. The van der Waals surface area contributed by atoms with Gasteiger partial charge in [0.2, 0.25) is 0 Å². The van der Waals surface area contributed by atoms with Gasteiger partial charge in [-0.05, 0) is 39.8 Å². The third-order valence-electron chi connectivity index (χ3n) is 3.62. The molecule has 0 bridgehead atoms. The molecule has 2 aromatic rings. The SMILES string of the molecule is CC(C)OC(=O)CNPOCO.COC(C(C)F)n1cc(C)c(=O)[nH]c1=O.Oc1ccccc1. The summed E-state index contributed by atoms with van der Waals surface area (Å²) in [5, 5.41) is 19.5. The van der Waals surface area contributed by atoms with Crippen LogP contribution in [0, 0.1) is 6.92 Å². The van der Waals surface area contributed by atoms with Crippen LogP contribution in [0.25, 0.3) is 0 Å². The van der Waals surface area contributed by atoms with Gasteiger partial charge in [-0.1, -0.05) is 18.2 Å². The number of methoxy groups -OCH3 is 1. The minimum Gasteiger partial charge on any atom is -0.508 e. The standard InChI is InChI=1S/C9H13FN2O3.C6H14NO4P.C6H6O/c1-5-4-12(8(15-3)6(2)10)9(14)11-7(5)13;1-5(2)11-6(9)3-7-12-10-4-8;7-6-4-2-1-3-5-6/h4,6,8H,1-3H3,(H,11,13,14);5,7-8,12H,3-4H2,1-2H3;1-5,7H. The second-order valence-corrected chi connectivity index (χ2v) is 7.73. The molecule has 34 heavy (non-hydrogen) atoms. The second-order valence-electron chi connectivity index (χ2n) is 6.89. The molecule has 4 N–H and O–H groups in total. The average Bonchev–Trinajstić information content (AvgIpc) is 2.76. The number of para-hydroxylation sites is 1. The maximum Gasteiger partial charge on any atom is 0.330 e. The first-order chi connectivity index (χ1) is 16.0. The van der Waals surface area contributed by atoms with Gasteiger partial charge in [0.05, 0.1) is 21.6 Å². The number of aromatic hydroxyl groups is 1. The number of H-pyrrole nitrogens is 1. The summed E-state index contributed by atoms with van der Waals surface area (Å²) in [6.45, 7) is 6.14. The monoisotopic (exact) mass is 505 g/mol. The maximum atomic E-state index is 13.1. The molecule has 0 fully saturated rings. The van der Waals surface area contributed by atoms with Crippen molar-refractivity contribution < 1.29 is 33.4 Å². The van der Waals surface area contributed by atoms with Gasteiger partial charge in [0.1, 0.15) is 18.7 Å². The topological polar surface area (TPSA) is 152 Å². The van der Waals surface area contributed by atoms with Crippen molar-refractivity contribution in [3.63, 3.8) is 0 Å². The number of benzene rings is 1. The van der Waals surface area contributed by atoms with E-state index in [-0.39, 0.29) is 34.4 Å². The molecule has 0 amide bonds. The molecule has 13 heteroatoms. The predicted molar refractivity (Wildman–Crippen MR) is 126 cm³/mol. The van der Waals surface area contributed by atoms with Crippen LogP contribution in [0.4, 0.5) is 4.39 Å². The number of hydrogen-bond acceptors (Lipinski definition) is 9. The number of phenols is 1. The van der Waals surface area contributed by atoms with Crippen LogP contribution in [0.15, 0.2) is 46.1 Å². The number of rotatable bonds is 9. The highest BCUT2D eigenvalue weighted by Gasteiger charge is 2.19. The number of aromatic nitrogens is 2. The number of carbonyl (C=O) groups is 1. The van der Waals surface area contributed by atoms with Crippen LogP contribution in [0.3, 0.4) is 0 Å². The van der Waals surface area contributed by atoms with Crippen molar-refractivity contribution >= 4 is 14.9 Å². The number of aliphatic hydroxyl groups is 1. The third-order valence-corrected chi connectivity index (χ3v) is 4.21. The van der Waals surface area contributed by atoms with Gasteiger partial charge in [-0.25, -0.2) is 9.18 Å². The Balaban J connectivity index is 0.000000511. The fraction of sp³-hybridized carbons (Fsp3) is 0.476. The van der Waals surface area contributed by atoms with Gasteiger partial charge in [-0.2, -0.15) is 0 Å². The minimum atomic E-state index is -1.35. The summed E-state index contributed by atoms with van der Waals surface area (Å²) in [5.74, 6) is 0.00143. The molecule has 1 aromatic carbocycles. The zero-order valence-corrected chi connectivity index (χ0v) is 20.8. The fourth-order valence-electron chi connectivity index (χ4n) is 2.22. The Morgan fingerprint density at radius 3 is 2.29 bits per heavy atom. The van der Waals surface area contributed by atoms with Gasteiger partial charge >= 0.3 is 11.7 Å². The zero-order valence-electron chi connectivity index (χ0n) is 19.8. The summed E-state index contributed by atoms with van der Waals surface area (Å²) in [6.07, 6.45) is -1.18. The van der Waals surface area contributed by atoms with Crippen LogP contribution in [0.1, 0.15) is 32.6 Å². The van der Waals surface area contributed by atoms with E-state index < -0.39 is 23.6 Å². The highest BCUT2D eigenvalue weighted by atomic mass is 31.1. The Morgan fingerprint density at radius 2 is 1.85 bits per heavy atom. The van der Waals surface area contributed by atoms with E-state index in [4.69, 9.17) is 19.7 Å². The Kier molecular flexibility index (Phi) is 16.4. The lowest BCUT2D eigenvalue weighted by Crippen LogP contribution is -2.36. The molecule has 0 aliphatic heterocycles. The number of esters is 1. The van der Waals surface area contributed by atoms with E-state index in [0.29, 0.717) is 11.3 Å². The molecule has 0 spiro atoms. The molecule has 1 aromatic heterocycles. The van der Waals surface area contributed by atoms with Gasteiger partial charge in [-0.3, -0.25) is 24.2 Å². The van der Waals surface area contributed by atoms with Crippen molar-refractivity contribution in [3.8, 4) is 5.75 Å². The van der Waals surface area contributed by atoms with Gasteiger partial charge < -0.3 is 24.2 Å². The molecule has 3 unspecified atom stereocenters. The molecular weight excluding hydrogens is 472 g/mol. The van der Waals surface area contributed by atoms with Crippen molar-refractivity contribution in [2.75, 3.05) is 20.4 Å². The highest BCUT2D eigenvalue weighted by Crippen LogP contribution is 2.12. The van der Waals surface area contributed by atoms with E-state index in [1.54, 1.807) is 38.1 Å². The molecule has 0 radical (unpaired) electrons. The smallest absolute Gasteiger partial charge is 0.330 e. The van der Waals surface area contributed by atoms with Crippen molar-refractivity contribution in [2.24, 2.45) is 0 Å². The quantitative estimate of drug-likeness (QED) is 0.173. The van der Waals surface area contributed by atoms with E-state index in [9.17, 15) is 18.8 Å². The van der Waals surface area contributed by atoms with Crippen LogP contribution in [0.2, 0.25) is 0 Å². The number of aryl methyl sites for hydroxylation is 1. The first-order valence-electron chi connectivity index (χ1n) is 10.2. The fourth-order valence-corrected chi connectivity index (χ4v) is 2.60. The molecular formula is C21H33FN3O8P. The number of aromatic amines is 1. The molecule has 2 rings (SSSR count). The number of carbonyl (C=O) groups excluding carboxylic acids is 1. The summed E-state index contributed by atoms with van der Waals surface area (Å²) >= 11 is 0. The zero-order chi connectivity index (χ0) is 26.1. The Hall–Kier alpha value is -2.63. The molecule has 192 valence electrons. The molecule has 3 atom stereocenters. The summed E-state index contributed by atoms with van der Waals surface area (Å²) in [5.41, 5.74) is -0.822. The lowest BCUT2D eigenvalue weighted by atomic mass is 10.3. The molecule has 11 nitrogen and oxygen atoms in total. The molecule has 0 saturated heterocycles. The third kappa shape index (κ3) is 13.8. The van der Waals surface area contributed by atoms with Crippen LogP contribution in [0.5, 0.6) is 5.75 Å². The largest absolute Gasteiger partial charge is 0.508 e. The van der Waals surface area contributed by atoms with E-state index in [0.717, 1.165) is 4.57 Å². The highest BCUT2D eigenvalue weighted by molar-refractivity contribution is 7.29. The summed E-state index contributed by atoms with van der Waals surface area (Å²) < 4.78 is 28.3. The summed E-state index contributed by atoms with van der Waals surface area (Å²) in [7, 11) is 1.22. The van der Waals surface area contributed by atoms with Gasteiger partial charge in [0.15, 0.2) is 6.23 Å². The number of alkyl halides is 1. The number of halogens is 1. The lowest BCUT2D eigenvalue weighted by Gasteiger charge is -2.19. The van der Waals surface area contributed by atoms with Gasteiger partial charge in [0, 0.05) is 18.9 Å². The first-order valence-corrected chi connectivity index (χ1v) is 11.1. The average molecular weight is 505 g/mol. The van der Waals surface area contributed by atoms with Crippen LogP contribution < -0.4 is 16.3 Å². The van der Waals surface area contributed by atoms with Crippen LogP contribution in [-0.4, -0.2) is 58.5 Å². The van der Waals surface area contributed by atoms with E-state index in [1.807, 2.05) is 6.07 Å². The lowest BCUT2D eigenvalue weighted by molar-refractivity contribution is -0.145. The number of phenolic OH excluding ortho intramolecular Hbond substituents is 1. The molecule has 0 saturated carbocycles. The summed E-state index contributed by atoms with van der Waals surface area (Å²) in [6, 6.07) is 8.71. The Labute approximate surface area is 198 Å². The first kappa shape index (κ1) is 31.4. The number of ether oxygens (including phenoxy) is 2. The van der Waals surface area contributed by atoms with Crippen molar-refractivity contribution in [1.82, 2.24) is 14.6 Å². The van der Waals surface area contributed by atoms with Gasteiger partial charge in [0.25, 0.3) is 5.56 Å². The van der Waals surface area contributed by atoms with Gasteiger partial charge in [-0.15, -0.1) is 0 Å². The predicted octanol–water partition coefficient (Wildman–Crippen LogP) is 1.74. The number of nitrogens with zero attached hydrogens (tertiary/aromatic N) is 1. The summed E-state index contributed by atoms with van der Waals surface area (Å²) in [4.78, 5) is 35.3. The maximum absolute atomic E-state index is 13.1. The normalized spacial score (nSPS) is 12.4. The number of hydrogen-bond donors (Lipinski definition) is 4. The van der Waals surface area contributed by atoms with E-state index in [2.05, 4.69) is 14.6 Å². The van der Waals surface area contributed by atoms with Crippen molar-refractivity contribution in [3.05, 3.63) is 62.9 Å². The van der Waals surface area contributed by atoms with Crippen molar-refractivity contribution in [1.29, 1.82) is 0 Å². The Morgan fingerprint density at radius 1 is 1.24 bits per heavy atom.